The first-order valence-electron chi connectivity index (χ1n) is 5.08. The molecule has 84 valence electrons. The average molecular weight is 220 g/mol. The van der Waals surface area contributed by atoms with Gasteiger partial charge in [-0.05, 0) is 18.9 Å². The number of hydrogen-bond donors (Lipinski definition) is 1. The molecule has 0 aromatic carbocycles. The molecule has 0 aromatic heterocycles. The van der Waals surface area contributed by atoms with Gasteiger partial charge in [-0.25, -0.2) is 12.7 Å². The summed E-state index contributed by atoms with van der Waals surface area (Å²) >= 11 is 0. The van der Waals surface area contributed by atoms with Crippen LogP contribution in [0, 0.1) is 5.92 Å². The molecule has 0 aliphatic carbocycles. The lowest BCUT2D eigenvalue weighted by Gasteiger charge is -2.15. The van der Waals surface area contributed by atoms with Crippen molar-refractivity contribution >= 4 is 10.0 Å². The average Bonchev–Trinajstić information content (AvgIpc) is 2.47. The highest BCUT2D eigenvalue weighted by molar-refractivity contribution is 7.88. The normalized spacial score (nSPS) is 24.7. The van der Waals surface area contributed by atoms with Crippen LogP contribution in [-0.4, -0.2) is 44.7 Å². The molecule has 1 atom stereocenters. The molecule has 0 amide bonds. The predicted octanol–water partition coefficient (Wildman–Crippen LogP) is 0.266. The van der Waals surface area contributed by atoms with Crippen LogP contribution < -0.4 is 5.32 Å². The third-order valence-electron chi connectivity index (χ3n) is 2.43. The predicted molar refractivity (Wildman–Crippen MR) is 57.7 cm³/mol. The Kier molecular flexibility index (Phi) is 3.92. The fraction of sp³-hybridized carbons (Fsp3) is 1.00. The van der Waals surface area contributed by atoms with E-state index in [4.69, 9.17) is 0 Å². The first-order chi connectivity index (χ1) is 6.39. The summed E-state index contributed by atoms with van der Waals surface area (Å²) in [5.74, 6) is 0.613. The molecule has 1 aliphatic rings. The smallest absolute Gasteiger partial charge is 0.211 e. The van der Waals surface area contributed by atoms with E-state index in [0.717, 1.165) is 13.0 Å². The van der Waals surface area contributed by atoms with Gasteiger partial charge < -0.3 is 5.32 Å². The van der Waals surface area contributed by atoms with E-state index in [9.17, 15) is 8.42 Å². The first-order valence-corrected chi connectivity index (χ1v) is 6.93. The van der Waals surface area contributed by atoms with Gasteiger partial charge in [0.05, 0.1) is 6.26 Å². The monoisotopic (exact) mass is 220 g/mol. The molecule has 5 heteroatoms. The van der Waals surface area contributed by atoms with E-state index in [1.54, 1.807) is 4.31 Å². The van der Waals surface area contributed by atoms with Crippen molar-refractivity contribution in [2.75, 3.05) is 25.9 Å². The third-order valence-corrected chi connectivity index (χ3v) is 3.70. The minimum Gasteiger partial charge on any atom is -0.312 e. The molecule has 0 bridgehead atoms. The zero-order chi connectivity index (χ0) is 10.8. The van der Waals surface area contributed by atoms with E-state index >= 15 is 0 Å². The Labute approximate surface area is 86.7 Å². The molecule has 1 rings (SSSR count). The number of sulfonamides is 1. The Morgan fingerprint density at radius 3 is 2.57 bits per heavy atom. The van der Waals surface area contributed by atoms with E-state index in [1.165, 1.54) is 6.26 Å². The topological polar surface area (TPSA) is 49.4 Å². The molecule has 1 N–H and O–H groups in total. The largest absolute Gasteiger partial charge is 0.312 e. The second-order valence-corrected chi connectivity index (χ2v) is 6.39. The van der Waals surface area contributed by atoms with Crippen LogP contribution in [0.4, 0.5) is 0 Å². The van der Waals surface area contributed by atoms with E-state index in [1.807, 2.05) is 0 Å². The van der Waals surface area contributed by atoms with Crippen LogP contribution in [0.5, 0.6) is 0 Å². The molecule has 0 saturated carbocycles. The Morgan fingerprint density at radius 2 is 2.14 bits per heavy atom. The second-order valence-electron chi connectivity index (χ2n) is 4.41. The lowest BCUT2D eigenvalue weighted by Crippen LogP contribution is -2.36. The summed E-state index contributed by atoms with van der Waals surface area (Å²) in [5.41, 5.74) is 0. The zero-order valence-electron chi connectivity index (χ0n) is 9.16. The molecule has 0 unspecified atom stereocenters. The highest BCUT2D eigenvalue weighted by atomic mass is 32.2. The summed E-state index contributed by atoms with van der Waals surface area (Å²) in [6.45, 7) is 6.55. The van der Waals surface area contributed by atoms with E-state index in [2.05, 4.69) is 19.2 Å². The Morgan fingerprint density at radius 1 is 1.50 bits per heavy atom. The van der Waals surface area contributed by atoms with Gasteiger partial charge >= 0.3 is 0 Å². The van der Waals surface area contributed by atoms with Gasteiger partial charge in [-0.2, -0.15) is 0 Å². The van der Waals surface area contributed by atoms with Gasteiger partial charge in [-0.15, -0.1) is 0 Å². The summed E-state index contributed by atoms with van der Waals surface area (Å²) in [5, 5.41) is 3.38. The van der Waals surface area contributed by atoms with Crippen molar-refractivity contribution in [3.05, 3.63) is 0 Å². The van der Waals surface area contributed by atoms with Crippen molar-refractivity contribution in [3.63, 3.8) is 0 Å². The van der Waals surface area contributed by atoms with Gasteiger partial charge in [0.15, 0.2) is 0 Å². The fourth-order valence-corrected chi connectivity index (χ4v) is 2.49. The lowest BCUT2D eigenvalue weighted by molar-refractivity contribution is 0.444. The minimum atomic E-state index is -2.98. The summed E-state index contributed by atoms with van der Waals surface area (Å²) in [6.07, 6.45) is 2.21. The number of nitrogens with one attached hydrogen (secondary N) is 1. The van der Waals surface area contributed by atoms with Crippen LogP contribution in [0.3, 0.4) is 0 Å². The van der Waals surface area contributed by atoms with Crippen LogP contribution in [0.25, 0.3) is 0 Å². The minimum absolute atomic E-state index is 0.340. The standard InChI is InChI=1S/C9H20N2O2S/c1-8(2)6-10-9-4-5-11(7-9)14(3,12)13/h8-10H,4-7H2,1-3H3/t9-/m1/s1. The van der Waals surface area contributed by atoms with Crippen LogP contribution in [0.1, 0.15) is 20.3 Å². The molecule has 0 aromatic rings. The molecule has 1 saturated heterocycles. The maximum atomic E-state index is 11.2. The van der Waals surface area contributed by atoms with Crippen LogP contribution >= 0.6 is 0 Å². The second kappa shape index (κ2) is 4.59. The molecular formula is C9H20N2O2S. The Hall–Kier alpha value is -0.130. The molecule has 1 fully saturated rings. The number of rotatable bonds is 4. The van der Waals surface area contributed by atoms with E-state index in [-0.39, 0.29) is 0 Å². The van der Waals surface area contributed by atoms with Crippen molar-refractivity contribution in [3.8, 4) is 0 Å². The molecule has 4 nitrogen and oxygen atoms in total. The van der Waals surface area contributed by atoms with Gasteiger partial charge in [0.1, 0.15) is 0 Å². The molecule has 0 spiro atoms. The van der Waals surface area contributed by atoms with Gasteiger partial charge in [0.2, 0.25) is 10.0 Å². The van der Waals surface area contributed by atoms with E-state index < -0.39 is 10.0 Å². The summed E-state index contributed by atoms with van der Waals surface area (Å²) in [6, 6.07) is 0.340. The molecule has 1 heterocycles. The zero-order valence-corrected chi connectivity index (χ0v) is 9.97. The van der Waals surface area contributed by atoms with Gasteiger partial charge in [0.25, 0.3) is 0 Å². The molecule has 1 aliphatic heterocycles. The van der Waals surface area contributed by atoms with Crippen molar-refractivity contribution in [2.45, 2.75) is 26.3 Å². The van der Waals surface area contributed by atoms with Crippen molar-refractivity contribution in [1.82, 2.24) is 9.62 Å². The van der Waals surface area contributed by atoms with Gasteiger partial charge in [-0.1, -0.05) is 13.8 Å². The number of hydrogen-bond acceptors (Lipinski definition) is 3. The third kappa shape index (κ3) is 3.55. The highest BCUT2D eigenvalue weighted by Crippen LogP contribution is 2.12. The van der Waals surface area contributed by atoms with Gasteiger partial charge in [-0.3, -0.25) is 0 Å². The maximum Gasteiger partial charge on any atom is 0.211 e. The summed E-state index contributed by atoms with van der Waals surface area (Å²) < 4.78 is 24.0. The first kappa shape index (κ1) is 11.9. The van der Waals surface area contributed by atoms with Gasteiger partial charge in [0, 0.05) is 19.1 Å². The van der Waals surface area contributed by atoms with Crippen molar-refractivity contribution < 1.29 is 8.42 Å². The fourth-order valence-electron chi connectivity index (χ4n) is 1.60. The van der Waals surface area contributed by atoms with Crippen LogP contribution in [0.2, 0.25) is 0 Å². The van der Waals surface area contributed by atoms with Crippen molar-refractivity contribution in [1.29, 1.82) is 0 Å². The Balaban J connectivity index is 2.35. The summed E-state index contributed by atoms with van der Waals surface area (Å²) in [4.78, 5) is 0. The Bertz CT molecular complexity index is 275. The number of nitrogens with zero attached hydrogens (tertiary/aromatic N) is 1. The van der Waals surface area contributed by atoms with Crippen LogP contribution in [0.15, 0.2) is 0 Å². The molecule has 0 radical (unpaired) electrons. The molecule has 14 heavy (non-hydrogen) atoms. The maximum absolute atomic E-state index is 11.2. The highest BCUT2D eigenvalue weighted by Gasteiger charge is 2.27. The molecular weight excluding hydrogens is 200 g/mol. The van der Waals surface area contributed by atoms with Crippen molar-refractivity contribution in [2.24, 2.45) is 5.92 Å². The summed E-state index contributed by atoms with van der Waals surface area (Å²) in [7, 11) is -2.98. The SMILES string of the molecule is CC(C)CN[C@@H]1CCN(S(C)(=O)=O)C1. The van der Waals surface area contributed by atoms with Crippen LogP contribution in [-0.2, 0) is 10.0 Å². The lowest BCUT2D eigenvalue weighted by atomic mass is 10.2. The quantitative estimate of drug-likeness (QED) is 0.739. The van der Waals surface area contributed by atoms with E-state index in [0.29, 0.717) is 25.0 Å².